The van der Waals surface area contributed by atoms with Crippen molar-refractivity contribution in [3.05, 3.63) is 33.3 Å². The molecule has 0 saturated heterocycles. The molecule has 1 aromatic carbocycles. The van der Waals surface area contributed by atoms with Crippen molar-refractivity contribution in [3.63, 3.8) is 0 Å². The fraction of sp³-hybridized carbons (Fsp3) is 0.111. The van der Waals surface area contributed by atoms with Crippen molar-refractivity contribution < 1.29 is 14.7 Å². The molecule has 1 rings (SSSR count). The average Bonchev–Trinajstić information content (AvgIpc) is 2.01. The van der Waals surface area contributed by atoms with Crippen molar-refractivity contribution in [1.82, 2.24) is 0 Å². The van der Waals surface area contributed by atoms with Gasteiger partial charge in [0.1, 0.15) is 0 Å². The van der Waals surface area contributed by atoms with Crippen molar-refractivity contribution in [2.75, 3.05) is 0 Å². The van der Waals surface area contributed by atoms with Crippen molar-refractivity contribution in [2.45, 2.75) is 6.92 Å². The summed E-state index contributed by atoms with van der Waals surface area (Å²) in [6.45, 7) is 1.35. The van der Waals surface area contributed by atoms with Crippen LogP contribution in [0.15, 0.2) is 12.1 Å². The molecule has 0 aromatic heterocycles. The highest BCUT2D eigenvalue weighted by atomic mass is 35.5. The van der Waals surface area contributed by atoms with Gasteiger partial charge in [-0.2, -0.15) is 0 Å². The molecule has 0 unspecified atom stereocenters. The Hall–Kier alpha value is -1.06. The number of aromatic carboxylic acids is 1. The first-order valence-corrected chi connectivity index (χ1v) is 4.42. The van der Waals surface area contributed by atoms with Gasteiger partial charge < -0.3 is 5.11 Å². The van der Waals surface area contributed by atoms with E-state index in [4.69, 9.17) is 28.3 Å². The molecule has 1 aromatic rings. The first-order chi connectivity index (χ1) is 6.43. The van der Waals surface area contributed by atoms with Gasteiger partial charge >= 0.3 is 5.97 Å². The van der Waals surface area contributed by atoms with Crippen LogP contribution in [0.25, 0.3) is 0 Å². The largest absolute Gasteiger partial charge is 0.478 e. The predicted molar refractivity (Wildman–Crippen MR) is 53.4 cm³/mol. The maximum atomic E-state index is 11.0. The molecule has 0 amide bonds. The second-order valence-corrected chi connectivity index (χ2v) is 3.49. The summed E-state index contributed by atoms with van der Waals surface area (Å²) in [5, 5.41) is 8.66. The van der Waals surface area contributed by atoms with Crippen LogP contribution in [-0.2, 0) is 0 Å². The normalized spacial score (nSPS) is 9.93. The van der Waals surface area contributed by atoms with E-state index in [1.807, 2.05) is 0 Å². The molecule has 0 bridgehead atoms. The van der Waals surface area contributed by atoms with E-state index >= 15 is 0 Å². The number of rotatable bonds is 2. The molecule has 3 nitrogen and oxygen atoms in total. The quantitative estimate of drug-likeness (QED) is 0.799. The molecule has 0 fully saturated rings. The van der Waals surface area contributed by atoms with Crippen molar-refractivity contribution in [3.8, 4) is 0 Å². The Bertz CT molecular complexity index is 390. The molecule has 0 aliphatic carbocycles. The van der Waals surface area contributed by atoms with Gasteiger partial charge in [0.25, 0.3) is 0 Å². The predicted octanol–water partition coefficient (Wildman–Crippen LogP) is 2.89. The van der Waals surface area contributed by atoms with Crippen LogP contribution in [-0.4, -0.2) is 16.9 Å². The van der Waals surface area contributed by atoms with Crippen LogP contribution in [0.3, 0.4) is 0 Å². The van der Waals surface area contributed by atoms with Crippen LogP contribution in [0.5, 0.6) is 0 Å². The molecule has 0 aliphatic heterocycles. The lowest BCUT2D eigenvalue weighted by Gasteiger charge is -2.03. The maximum absolute atomic E-state index is 11.0. The van der Waals surface area contributed by atoms with E-state index in [1.54, 1.807) is 0 Å². The highest BCUT2D eigenvalue weighted by Crippen LogP contribution is 2.26. The Morgan fingerprint density at radius 3 is 1.93 bits per heavy atom. The Morgan fingerprint density at radius 1 is 1.21 bits per heavy atom. The first kappa shape index (κ1) is 11.0. The van der Waals surface area contributed by atoms with Gasteiger partial charge in [-0.3, -0.25) is 4.79 Å². The van der Waals surface area contributed by atoms with Gasteiger partial charge in [0.05, 0.1) is 15.6 Å². The zero-order valence-electron chi connectivity index (χ0n) is 7.17. The van der Waals surface area contributed by atoms with Crippen molar-refractivity contribution in [1.29, 1.82) is 0 Å². The minimum absolute atomic E-state index is 0.0322. The zero-order chi connectivity index (χ0) is 10.9. The molecular formula is C9H6Cl2O3. The summed E-state index contributed by atoms with van der Waals surface area (Å²) >= 11 is 11.3. The third-order valence-corrected chi connectivity index (χ3v) is 2.26. The molecule has 1 N–H and O–H groups in total. The van der Waals surface area contributed by atoms with Crippen LogP contribution >= 0.6 is 23.2 Å². The van der Waals surface area contributed by atoms with E-state index in [9.17, 15) is 9.59 Å². The number of hydrogen-bond donors (Lipinski definition) is 1. The minimum atomic E-state index is -1.21. The Morgan fingerprint density at radius 2 is 1.64 bits per heavy atom. The molecule has 0 atom stereocenters. The number of carbonyl (C=O) groups is 2. The smallest absolute Gasteiger partial charge is 0.338 e. The van der Waals surface area contributed by atoms with Crippen LogP contribution < -0.4 is 0 Å². The average molecular weight is 233 g/mol. The number of hydrogen-bond acceptors (Lipinski definition) is 2. The monoisotopic (exact) mass is 232 g/mol. The fourth-order valence-electron chi connectivity index (χ4n) is 0.981. The summed E-state index contributed by atoms with van der Waals surface area (Å²) in [7, 11) is 0. The number of carbonyl (C=O) groups excluding carboxylic acids is 1. The van der Waals surface area contributed by atoms with Crippen LogP contribution in [0, 0.1) is 0 Å². The minimum Gasteiger partial charge on any atom is -0.478 e. The number of carboxylic acids is 1. The van der Waals surface area contributed by atoms with E-state index in [0.717, 1.165) is 0 Å². The number of carboxylic acid groups (broad SMARTS) is 1. The maximum Gasteiger partial charge on any atom is 0.338 e. The van der Waals surface area contributed by atoms with Crippen LogP contribution in [0.4, 0.5) is 0 Å². The molecule has 0 radical (unpaired) electrons. The molecule has 5 heteroatoms. The molecule has 0 spiro atoms. The Balaban J connectivity index is 3.39. The van der Waals surface area contributed by atoms with Crippen LogP contribution in [0.2, 0.25) is 10.0 Å². The van der Waals surface area contributed by atoms with Gasteiger partial charge in [-0.15, -0.1) is 0 Å². The van der Waals surface area contributed by atoms with Gasteiger partial charge in [-0.1, -0.05) is 23.2 Å². The number of benzene rings is 1. The summed E-state index contributed by atoms with van der Waals surface area (Å²) in [6.07, 6.45) is 0. The Kier molecular flexibility index (Phi) is 3.13. The number of Topliss-reactive ketones (excluding diaryl/α,β-unsaturated/α-hetero) is 1. The van der Waals surface area contributed by atoms with Gasteiger partial charge in [-0.25, -0.2) is 4.79 Å². The summed E-state index contributed by atoms with van der Waals surface area (Å²) in [5.41, 5.74) is 0.114. The second kappa shape index (κ2) is 3.98. The molecular weight excluding hydrogens is 227 g/mol. The first-order valence-electron chi connectivity index (χ1n) is 3.66. The summed E-state index contributed by atoms with van der Waals surface area (Å²) in [5.74, 6) is -1.43. The lowest BCUT2D eigenvalue weighted by atomic mass is 10.1. The third-order valence-electron chi connectivity index (χ3n) is 1.66. The van der Waals surface area contributed by atoms with Crippen molar-refractivity contribution in [2.24, 2.45) is 0 Å². The fourth-order valence-corrected chi connectivity index (χ4v) is 1.63. The Labute approximate surface area is 90.3 Å². The summed E-state index contributed by atoms with van der Waals surface area (Å²) in [6, 6.07) is 2.58. The van der Waals surface area contributed by atoms with E-state index in [2.05, 4.69) is 0 Å². The van der Waals surface area contributed by atoms with Gasteiger partial charge in [0.2, 0.25) is 0 Å². The lowest BCUT2D eigenvalue weighted by molar-refractivity contribution is 0.0696. The zero-order valence-corrected chi connectivity index (χ0v) is 8.69. The topological polar surface area (TPSA) is 54.4 Å². The second-order valence-electron chi connectivity index (χ2n) is 2.68. The van der Waals surface area contributed by atoms with E-state index in [-0.39, 0.29) is 21.4 Å². The summed E-state index contributed by atoms with van der Waals surface area (Å²) < 4.78 is 0. The van der Waals surface area contributed by atoms with Gasteiger partial charge in [0, 0.05) is 5.56 Å². The molecule has 0 aliphatic rings. The van der Waals surface area contributed by atoms with Gasteiger partial charge in [0.15, 0.2) is 5.78 Å². The third kappa shape index (κ3) is 2.05. The van der Waals surface area contributed by atoms with E-state index < -0.39 is 5.97 Å². The number of halogens is 2. The molecule has 0 heterocycles. The van der Waals surface area contributed by atoms with Crippen molar-refractivity contribution >= 4 is 35.0 Å². The van der Waals surface area contributed by atoms with E-state index in [1.165, 1.54) is 19.1 Å². The highest BCUT2D eigenvalue weighted by Gasteiger charge is 2.15. The standard InChI is InChI=1S/C9H6Cl2O3/c1-4(12)5-2-6(10)8(9(13)14)7(11)3-5/h2-3H,1H3,(H,13,14). The lowest BCUT2D eigenvalue weighted by Crippen LogP contribution is -2.01. The molecule has 0 saturated carbocycles. The number of ketones is 1. The highest BCUT2D eigenvalue weighted by molar-refractivity contribution is 6.39. The molecule has 74 valence electrons. The summed E-state index contributed by atoms with van der Waals surface area (Å²) in [4.78, 5) is 21.6. The van der Waals surface area contributed by atoms with Crippen LogP contribution in [0.1, 0.15) is 27.6 Å². The SMILES string of the molecule is CC(=O)c1cc(Cl)c(C(=O)O)c(Cl)c1. The molecule has 14 heavy (non-hydrogen) atoms. The van der Waals surface area contributed by atoms with E-state index in [0.29, 0.717) is 5.56 Å². The van der Waals surface area contributed by atoms with Gasteiger partial charge in [-0.05, 0) is 19.1 Å².